The van der Waals surface area contributed by atoms with Crippen LogP contribution in [0.5, 0.6) is 0 Å². The molecule has 0 aromatic carbocycles. The number of carbonyl (C=O) groups is 1. The Bertz CT molecular complexity index is 701. The first kappa shape index (κ1) is 18.4. The number of nitrogens with zero attached hydrogens (tertiary/aromatic N) is 3. The van der Waals surface area contributed by atoms with Crippen molar-refractivity contribution in [2.45, 2.75) is 25.7 Å². The maximum atomic E-state index is 12.5. The molecule has 7 nitrogen and oxygen atoms in total. The van der Waals surface area contributed by atoms with E-state index in [9.17, 15) is 18.0 Å². The van der Waals surface area contributed by atoms with Crippen LogP contribution in [0.4, 0.5) is 13.2 Å². The van der Waals surface area contributed by atoms with Gasteiger partial charge in [-0.2, -0.15) is 18.2 Å². The highest BCUT2D eigenvalue weighted by atomic mass is 32.1. The molecule has 24 heavy (non-hydrogen) atoms. The van der Waals surface area contributed by atoms with Crippen LogP contribution in [0.2, 0.25) is 0 Å². The average Bonchev–Trinajstić information content (AvgIpc) is 3.19. The summed E-state index contributed by atoms with van der Waals surface area (Å²) in [5.41, 5.74) is 0.359. The van der Waals surface area contributed by atoms with E-state index in [1.54, 1.807) is 18.4 Å². The van der Waals surface area contributed by atoms with Crippen molar-refractivity contribution in [3.8, 4) is 11.4 Å². The van der Waals surface area contributed by atoms with Crippen molar-refractivity contribution < 1.29 is 32.1 Å². The third-order valence-corrected chi connectivity index (χ3v) is 3.97. The third-order valence-electron chi connectivity index (χ3n) is 3.05. The van der Waals surface area contributed by atoms with Gasteiger partial charge in [0.25, 0.3) is 5.91 Å². The van der Waals surface area contributed by atoms with E-state index in [1.807, 2.05) is 0 Å². The second kappa shape index (κ2) is 7.28. The summed E-state index contributed by atoms with van der Waals surface area (Å²) in [4.78, 5) is 21.0. The van der Waals surface area contributed by atoms with Crippen LogP contribution >= 0.6 is 11.3 Å². The number of halogens is 3. The second-order valence-corrected chi connectivity index (χ2v) is 5.65. The molecule has 0 spiro atoms. The number of alkyl halides is 3. The Morgan fingerprint density at radius 1 is 1.46 bits per heavy atom. The maximum Gasteiger partial charge on any atom is 0.471 e. The number of thiophene rings is 1. The fourth-order valence-electron chi connectivity index (χ4n) is 1.71. The molecule has 2 heterocycles. The van der Waals surface area contributed by atoms with Gasteiger partial charge in [0, 0.05) is 22.9 Å². The Labute approximate surface area is 138 Å². The Hall–Kier alpha value is -1.98. The molecule has 0 saturated heterocycles. The van der Waals surface area contributed by atoms with Gasteiger partial charge in [-0.15, -0.1) is 11.3 Å². The molecular weight excluding hydrogens is 351 g/mol. The number of hydrogen-bond donors (Lipinski definition) is 0. The van der Waals surface area contributed by atoms with E-state index in [2.05, 4.69) is 14.7 Å². The molecule has 1 atom stereocenters. The van der Waals surface area contributed by atoms with Gasteiger partial charge >= 0.3 is 12.1 Å². The van der Waals surface area contributed by atoms with Gasteiger partial charge in [-0.25, -0.2) is 5.06 Å². The SMILES string of the molecule is COC(C)C(=O)N(Cc1cc(-c2noc(C(F)(F)F)n2)cs1)OC. The summed E-state index contributed by atoms with van der Waals surface area (Å²) in [5, 5.41) is 5.98. The Kier molecular flexibility index (Phi) is 5.57. The quantitative estimate of drug-likeness (QED) is 0.733. The van der Waals surface area contributed by atoms with Crippen molar-refractivity contribution in [3.63, 3.8) is 0 Å². The van der Waals surface area contributed by atoms with Gasteiger partial charge in [-0.3, -0.25) is 9.63 Å². The number of hydrogen-bond acceptors (Lipinski definition) is 7. The number of hydroxylamine groups is 2. The number of ether oxygens (including phenoxy) is 1. The van der Waals surface area contributed by atoms with Crippen molar-refractivity contribution in [2.24, 2.45) is 0 Å². The first-order chi connectivity index (χ1) is 11.3. The van der Waals surface area contributed by atoms with Crippen LogP contribution in [-0.2, 0) is 27.1 Å². The molecule has 0 radical (unpaired) electrons. The lowest BCUT2D eigenvalue weighted by Gasteiger charge is -2.21. The Balaban J connectivity index is 2.13. The summed E-state index contributed by atoms with van der Waals surface area (Å²) in [6, 6.07) is 1.56. The molecule has 1 unspecified atom stereocenters. The van der Waals surface area contributed by atoms with E-state index in [1.165, 1.54) is 25.6 Å². The van der Waals surface area contributed by atoms with Crippen molar-refractivity contribution >= 4 is 17.2 Å². The van der Waals surface area contributed by atoms with Gasteiger partial charge in [0.05, 0.1) is 13.7 Å². The summed E-state index contributed by atoms with van der Waals surface area (Å²) in [5.74, 6) is -1.97. The van der Waals surface area contributed by atoms with E-state index in [4.69, 9.17) is 9.57 Å². The lowest BCUT2D eigenvalue weighted by atomic mass is 10.3. The fourth-order valence-corrected chi connectivity index (χ4v) is 2.55. The van der Waals surface area contributed by atoms with Crippen molar-refractivity contribution in [2.75, 3.05) is 14.2 Å². The number of carbonyl (C=O) groups excluding carboxylic acids is 1. The third kappa shape index (κ3) is 4.10. The lowest BCUT2D eigenvalue weighted by molar-refractivity contribution is -0.188. The monoisotopic (exact) mass is 365 g/mol. The highest BCUT2D eigenvalue weighted by molar-refractivity contribution is 7.10. The highest BCUT2D eigenvalue weighted by Gasteiger charge is 2.38. The van der Waals surface area contributed by atoms with E-state index in [0.717, 1.165) is 5.06 Å². The van der Waals surface area contributed by atoms with Crippen LogP contribution in [0.1, 0.15) is 17.7 Å². The van der Waals surface area contributed by atoms with Crippen LogP contribution in [0.25, 0.3) is 11.4 Å². The molecule has 2 rings (SSSR count). The molecule has 0 fully saturated rings. The van der Waals surface area contributed by atoms with Crippen LogP contribution in [-0.4, -0.2) is 41.4 Å². The van der Waals surface area contributed by atoms with Gasteiger partial charge in [-0.05, 0) is 13.0 Å². The predicted molar refractivity (Wildman–Crippen MR) is 76.6 cm³/mol. The topological polar surface area (TPSA) is 77.7 Å². The van der Waals surface area contributed by atoms with Crippen LogP contribution < -0.4 is 0 Å². The van der Waals surface area contributed by atoms with Crippen LogP contribution in [0.3, 0.4) is 0 Å². The van der Waals surface area contributed by atoms with E-state index >= 15 is 0 Å². The largest absolute Gasteiger partial charge is 0.471 e. The number of rotatable bonds is 6. The molecule has 1 amide bonds. The zero-order chi connectivity index (χ0) is 17.9. The minimum absolute atomic E-state index is 0.109. The van der Waals surface area contributed by atoms with E-state index < -0.39 is 18.2 Å². The minimum atomic E-state index is -4.69. The van der Waals surface area contributed by atoms with Crippen molar-refractivity contribution in [3.05, 3.63) is 22.2 Å². The predicted octanol–water partition coefficient (Wildman–Crippen LogP) is 2.74. The first-order valence-corrected chi connectivity index (χ1v) is 7.51. The van der Waals surface area contributed by atoms with Crippen LogP contribution in [0.15, 0.2) is 16.0 Å². The van der Waals surface area contributed by atoms with Gasteiger partial charge in [0.2, 0.25) is 5.82 Å². The average molecular weight is 365 g/mol. The summed E-state index contributed by atoms with van der Waals surface area (Å²) < 4.78 is 46.5. The maximum absolute atomic E-state index is 12.5. The molecule has 0 aliphatic rings. The normalized spacial score (nSPS) is 13.1. The molecule has 0 aliphatic heterocycles. The van der Waals surface area contributed by atoms with Gasteiger partial charge in [0.1, 0.15) is 6.10 Å². The molecule has 132 valence electrons. The lowest BCUT2D eigenvalue weighted by Crippen LogP contribution is -2.37. The summed E-state index contributed by atoms with van der Waals surface area (Å²) >= 11 is 1.22. The standard InChI is InChI=1S/C13H14F3N3O4S/c1-7(21-2)11(20)19(22-3)5-9-4-8(6-24-9)10-17-12(23-18-10)13(14,15)16/h4,6-7H,5H2,1-3H3. The highest BCUT2D eigenvalue weighted by Crippen LogP contribution is 2.31. The zero-order valence-electron chi connectivity index (χ0n) is 13.0. The minimum Gasteiger partial charge on any atom is -0.372 e. The zero-order valence-corrected chi connectivity index (χ0v) is 13.8. The molecule has 2 aromatic heterocycles. The van der Waals surface area contributed by atoms with E-state index in [0.29, 0.717) is 10.4 Å². The molecule has 0 saturated carbocycles. The number of methoxy groups -OCH3 is 1. The molecule has 11 heteroatoms. The van der Waals surface area contributed by atoms with Crippen LogP contribution in [0, 0.1) is 0 Å². The first-order valence-electron chi connectivity index (χ1n) is 6.63. The smallest absolute Gasteiger partial charge is 0.372 e. The number of aromatic nitrogens is 2. The Morgan fingerprint density at radius 2 is 2.17 bits per heavy atom. The number of amides is 1. The second-order valence-electron chi connectivity index (χ2n) is 4.66. The summed E-state index contributed by atoms with van der Waals surface area (Å²) in [6.45, 7) is 1.68. The molecule has 0 bridgehead atoms. The Morgan fingerprint density at radius 3 is 2.71 bits per heavy atom. The fraction of sp³-hybridized carbons (Fsp3) is 0.462. The molecule has 2 aromatic rings. The van der Waals surface area contributed by atoms with Crippen molar-refractivity contribution in [1.82, 2.24) is 15.2 Å². The van der Waals surface area contributed by atoms with Gasteiger partial charge in [0.15, 0.2) is 0 Å². The van der Waals surface area contributed by atoms with Crippen molar-refractivity contribution in [1.29, 1.82) is 0 Å². The summed E-state index contributed by atoms with van der Waals surface area (Å²) in [7, 11) is 2.73. The molecule has 0 N–H and O–H groups in total. The summed E-state index contributed by atoms with van der Waals surface area (Å²) in [6.07, 6.45) is -5.38. The van der Waals surface area contributed by atoms with Gasteiger partial charge in [-0.1, -0.05) is 5.16 Å². The molecule has 0 aliphatic carbocycles. The van der Waals surface area contributed by atoms with E-state index in [-0.39, 0.29) is 18.3 Å². The molecular formula is C13H14F3N3O4S. The van der Waals surface area contributed by atoms with Gasteiger partial charge < -0.3 is 9.26 Å².